The van der Waals surface area contributed by atoms with Crippen molar-refractivity contribution in [3.8, 4) is 11.1 Å². The molecule has 0 heterocycles. The first-order chi connectivity index (χ1) is 14.0. The second kappa shape index (κ2) is 9.69. The number of anilines is 1. The lowest BCUT2D eigenvalue weighted by Gasteiger charge is -2.09. The molecule has 0 aliphatic heterocycles. The van der Waals surface area contributed by atoms with E-state index in [1.54, 1.807) is 36.4 Å². The smallest absolute Gasteiger partial charge is 0.338 e. The van der Waals surface area contributed by atoms with Crippen LogP contribution in [0.4, 0.5) is 5.69 Å². The molecule has 4 heteroatoms. The number of hydrogen-bond donors (Lipinski definition) is 1. The molecule has 3 aromatic rings. The van der Waals surface area contributed by atoms with E-state index in [1.165, 1.54) is 0 Å². The van der Waals surface area contributed by atoms with Gasteiger partial charge in [-0.15, -0.1) is 0 Å². The molecule has 0 fully saturated rings. The maximum Gasteiger partial charge on any atom is 0.338 e. The van der Waals surface area contributed by atoms with E-state index in [0.717, 1.165) is 17.5 Å². The predicted octanol–water partition coefficient (Wildman–Crippen LogP) is 5.81. The molecule has 0 spiro atoms. The summed E-state index contributed by atoms with van der Waals surface area (Å²) in [6.45, 7) is 4.58. The minimum atomic E-state index is -0.347. The Bertz CT molecular complexity index is 946. The van der Waals surface area contributed by atoms with Gasteiger partial charge < -0.3 is 10.1 Å². The van der Waals surface area contributed by atoms with Gasteiger partial charge in [0, 0.05) is 11.3 Å². The summed E-state index contributed by atoms with van der Waals surface area (Å²) in [6.07, 6.45) is 0.836. The molecule has 0 aromatic heterocycles. The van der Waals surface area contributed by atoms with Gasteiger partial charge in [-0.2, -0.15) is 0 Å². The van der Waals surface area contributed by atoms with Crippen LogP contribution in [0.25, 0.3) is 11.1 Å². The van der Waals surface area contributed by atoms with Crippen LogP contribution in [0.15, 0.2) is 78.9 Å². The van der Waals surface area contributed by atoms with Gasteiger partial charge in [-0.3, -0.25) is 4.79 Å². The maximum atomic E-state index is 12.5. The molecule has 0 aliphatic carbocycles. The summed E-state index contributed by atoms with van der Waals surface area (Å²) < 4.78 is 5.25. The van der Waals surface area contributed by atoms with Gasteiger partial charge in [0.05, 0.1) is 12.2 Å². The molecule has 29 heavy (non-hydrogen) atoms. The molecule has 0 aliphatic rings. The zero-order valence-corrected chi connectivity index (χ0v) is 16.7. The Kier molecular flexibility index (Phi) is 6.80. The number of carbonyl (C=O) groups is 2. The third kappa shape index (κ3) is 5.79. The monoisotopic (exact) mass is 387 g/mol. The zero-order valence-electron chi connectivity index (χ0n) is 16.7. The Balaban J connectivity index is 1.58. The van der Waals surface area contributed by atoms with E-state index in [9.17, 15) is 9.59 Å². The topological polar surface area (TPSA) is 55.4 Å². The molecule has 0 saturated carbocycles. The highest BCUT2D eigenvalue weighted by molar-refractivity contribution is 6.04. The molecular formula is C25H25NO3. The normalized spacial score (nSPS) is 10.6. The number of nitrogens with one attached hydrogen (secondary N) is 1. The van der Waals surface area contributed by atoms with Crippen molar-refractivity contribution >= 4 is 17.6 Å². The van der Waals surface area contributed by atoms with Gasteiger partial charge >= 0.3 is 5.97 Å². The van der Waals surface area contributed by atoms with Crippen molar-refractivity contribution in [3.05, 3.63) is 90.0 Å². The minimum absolute atomic E-state index is 0.197. The largest absolute Gasteiger partial charge is 0.462 e. The van der Waals surface area contributed by atoms with E-state index in [-0.39, 0.29) is 11.9 Å². The number of carbonyl (C=O) groups excluding carboxylic acids is 2. The van der Waals surface area contributed by atoms with Crippen LogP contribution in [-0.4, -0.2) is 18.5 Å². The maximum absolute atomic E-state index is 12.5. The molecule has 0 bridgehead atoms. The Labute approximate surface area is 171 Å². The Morgan fingerprint density at radius 2 is 1.38 bits per heavy atom. The van der Waals surface area contributed by atoms with Gasteiger partial charge in [-0.25, -0.2) is 4.79 Å². The summed E-state index contributed by atoms with van der Waals surface area (Å²) in [4.78, 5) is 24.5. The molecule has 0 unspecified atom stereocenters. The fraction of sp³-hybridized carbons (Fsp3) is 0.200. The molecule has 0 atom stereocenters. The molecule has 3 rings (SSSR count). The van der Waals surface area contributed by atoms with Crippen molar-refractivity contribution in [1.82, 2.24) is 0 Å². The molecule has 1 amide bonds. The Hall–Kier alpha value is -3.40. The standard InChI is InChI=1S/C25H25NO3/c1-18(2)16-17-29-25(28)22-12-14-23(15-13-22)26-24(27)21-10-8-20(9-11-21)19-6-4-3-5-7-19/h3-15,18H,16-17H2,1-2H3,(H,26,27). The molecular weight excluding hydrogens is 362 g/mol. The van der Waals surface area contributed by atoms with Crippen LogP contribution in [0.3, 0.4) is 0 Å². The van der Waals surface area contributed by atoms with Crippen LogP contribution in [0.5, 0.6) is 0 Å². The number of ether oxygens (including phenoxy) is 1. The first-order valence-corrected chi connectivity index (χ1v) is 9.77. The highest BCUT2D eigenvalue weighted by Crippen LogP contribution is 2.20. The van der Waals surface area contributed by atoms with E-state index in [0.29, 0.717) is 29.3 Å². The molecule has 4 nitrogen and oxygen atoms in total. The SMILES string of the molecule is CC(C)CCOC(=O)c1ccc(NC(=O)c2ccc(-c3ccccc3)cc2)cc1. The van der Waals surface area contributed by atoms with Crippen molar-refractivity contribution in [2.45, 2.75) is 20.3 Å². The highest BCUT2D eigenvalue weighted by Gasteiger charge is 2.10. The number of amides is 1. The first-order valence-electron chi connectivity index (χ1n) is 9.77. The van der Waals surface area contributed by atoms with Gasteiger partial charge in [0.25, 0.3) is 5.91 Å². The molecule has 1 N–H and O–H groups in total. The van der Waals surface area contributed by atoms with Gasteiger partial charge in [-0.05, 0) is 59.9 Å². The lowest BCUT2D eigenvalue weighted by molar-refractivity contribution is 0.0488. The lowest BCUT2D eigenvalue weighted by Crippen LogP contribution is -2.12. The first kappa shape index (κ1) is 20.3. The third-order valence-electron chi connectivity index (χ3n) is 4.56. The average molecular weight is 387 g/mol. The highest BCUT2D eigenvalue weighted by atomic mass is 16.5. The van der Waals surface area contributed by atoms with Crippen molar-refractivity contribution in [1.29, 1.82) is 0 Å². The van der Waals surface area contributed by atoms with E-state index < -0.39 is 0 Å². The van der Waals surface area contributed by atoms with Gasteiger partial charge in [0.15, 0.2) is 0 Å². The number of esters is 1. The summed E-state index contributed by atoms with van der Waals surface area (Å²) in [6, 6.07) is 24.2. The lowest BCUT2D eigenvalue weighted by atomic mass is 10.0. The van der Waals surface area contributed by atoms with E-state index in [4.69, 9.17) is 4.74 Å². The van der Waals surface area contributed by atoms with Crippen LogP contribution in [0, 0.1) is 5.92 Å². The Morgan fingerprint density at radius 1 is 0.793 bits per heavy atom. The Morgan fingerprint density at radius 3 is 2.00 bits per heavy atom. The summed E-state index contributed by atoms with van der Waals surface area (Å²) >= 11 is 0. The van der Waals surface area contributed by atoms with E-state index in [1.807, 2.05) is 42.5 Å². The van der Waals surface area contributed by atoms with Crippen molar-refractivity contribution < 1.29 is 14.3 Å². The predicted molar refractivity (Wildman–Crippen MR) is 116 cm³/mol. The fourth-order valence-corrected chi connectivity index (χ4v) is 2.81. The molecule has 0 radical (unpaired) electrons. The van der Waals surface area contributed by atoms with Crippen molar-refractivity contribution in [3.63, 3.8) is 0 Å². The summed E-state index contributed by atoms with van der Waals surface area (Å²) in [5.41, 5.74) is 3.83. The average Bonchev–Trinajstić information content (AvgIpc) is 2.74. The van der Waals surface area contributed by atoms with Crippen LogP contribution in [0.2, 0.25) is 0 Å². The zero-order chi connectivity index (χ0) is 20.6. The molecule has 3 aromatic carbocycles. The van der Waals surface area contributed by atoms with Crippen LogP contribution < -0.4 is 5.32 Å². The van der Waals surface area contributed by atoms with Crippen molar-refractivity contribution in [2.75, 3.05) is 11.9 Å². The van der Waals surface area contributed by atoms with E-state index in [2.05, 4.69) is 19.2 Å². The summed E-state index contributed by atoms with van der Waals surface area (Å²) in [7, 11) is 0. The summed E-state index contributed by atoms with van der Waals surface area (Å²) in [5, 5.41) is 2.85. The van der Waals surface area contributed by atoms with Crippen LogP contribution >= 0.6 is 0 Å². The van der Waals surface area contributed by atoms with E-state index >= 15 is 0 Å². The van der Waals surface area contributed by atoms with Crippen LogP contribution in [-0.2, 0) is 4.74 Å². The number of benzene rings is 3. The van der Waals surface area contributed by atoms with Gasteiger partial charge in [0.1, 0.15) is 0 Å². The quantitative estimate of drug-likeness (QED) is 0.521. The molecule has 148 valence electrons. The minimum Gasteiger partial charge on any atom is -0.462 e. The third-order valence-corrected chi connectivity index (χ3v) is 4.56. The second-order valence-corrected chi connectivity index (χ2v) is 7.29. The van der Waals surface area contributed by atoms with Crippen LogP contribution in [0.1, 0.15) is 41.0 Å². The van der Waals surface area contributed by atoms with Crippen molar-refractivity contribution in [2.24, 2.45) is 5.92 Å². The second-order valence-electron chi connectivity index (χ2n) is 7.29. The number of rotatable bonds is 7. The van der Waals surface area contributed by atoms with Gasteiger partial charge in [-0.1, -0.05) is 56.3 Å². The fourth-order valence-electron chi connectivity index (χ4n) is 2.81. The molecule has 0 saturated heterocycles. The van der Waals surface area contributed by atoms with Gasteiger partial charge in [0.2, 0.25) is 0 Å². The number of hydrogen-bond acceptors (Lipinski definition) is 3. The summed E-state index contributed by atoms with van der Waals surface area (Å²) in [5.74, 6) is -0.0564.